The summed E-state index contributed by atoms with van der Waals surface area (Å²) in [6.07, 6.45) is 4.30. The molecule has 1 nitrogen and oxygen atoms in total. The molecule has 0 aliphatic carbocycles. The van der Waals surface area contributed by atoms with Crippen LogP contribution in [-0.2, 0) is 0 Å². The molecule has 2 heteroatoms. The SMILES string of the molecule is CC(C)(C)[Si](C)(C)Oc1ccc(C=Cc2ccc(-c3ccccc3)cc2)cc1. The first-order valence-electron chi connectivity index (χ1n) is 9.87. The Morgan fingerprint density at radius 3 is 1.61 bits per heavy atom. The van der Waals surface area contributed by atoms with Gasteiger partial charge in [0.2, 0.25) is 8.32 Å². The summed E-state index contributed by atoms with van der Waals surface area (Å²) in [5.41, 5.74) is 4.86. The molecule has 0 aliphatic rings. The van der Waals surface area contributed by atoms with Crippen LogP contribution in [0.15, 0.2) is 78.9 Å². The lowest BCUT2D eigenvalue weighted by atomic mass is 10.0. The van der Waals surface area contributed by atoms with Crippen LogP contribution in [0.3, 0.4) is 0 Å². The van der Waals surface area contributed by atoms with E-state index in [1.807, 2.05) is 6.07 Å². The van der Waals surface area contributed by atoms with Gasteiger partial charge in [-0.05, 0) is 52.5 Å². The minimum Gasteiger partial charge on any atom is -0.544 e. The molecule has 0 amide bonds. The third-order valence-electron chi connectivity index (χ3n) is 5.55. The summed E-state index contributed by atoms with van der Waals surface area (Å²) in [4.78, 5) is 0. The van der Waals surface area contributed by atoms with E-state index in [1.165, 1.54) is 22.3 Å². The Hall–Kier alpha value is -2.58. The van der Waals surface area contributed by atoms with E-state index in [0.717, 1.165) is 5.75 Å². The lowest BCUT2D eigenvalue weighted by Gasteiger charge is -2.36. The maximum absolute atomic E-state index is 6.35. The van der Waals surface area contributed by atoms with Gasteiger partial charge in [0.05, 0.1) is 0 Å². The van der Waals surface area contributed by atoms with Gasteiger partial charge in [0.25, 0.3) is 0 Å². The van der Waals surface area contributed by atoms with Crippen molar-refractivity contribution in [3.8, 4) is 16.9 Å². The van der Waals surface area contributed by atoms with E-state index in [-0.39, 0.29) is 5.04 Å². The molecule has 0 N–H and O–H groups in total. The molecule has 144 valence electrons. The zero-order valence-electron chi connectivity index (χ0n) is 17.6. The van der Waals surface area contributed by atoms with E-state index < -0.39 is 8.32 Å². The summed E-state index contributed by atoms with van der Waals surface area (Å²) in [6, 6.07) is 27.5. The van der Waals surface area contributed by atoms with Crippen molar-refractivity contribution in [2.24, 2.45) is 0 Å². The van der Waals surface area contributed by atoms with Crippen molar-refractivity contribution in [2.75, 3.05) is 0 Å². The Labute approximate surface area is 170 Å². The second-order valence-corrected chi connectivity index (χ2v) is 13.5. The summed E-state index contributed by atoms with van der Waals surface area (Å²) in [5.74, 6) is 0.968. The molecule has 3 aromatic carbocycles. The van der Waals surface area contributed by atoms with E-state index in [1.54, 1.807) is 0 Å². The number of hydrogen-bond acceptors (Lipinski definition) is 1. The third kappa shape index (κ3) is 5.02. The smallest absolute Gasteiger partial charge is 0.250 e. The van der Waals surface area contributed by atoms with E-state index >= 15 is 0 Å². The normalized spacial score (nSPS) is 12.3. The topological polar surface area (TPSA) is 9.23 Å². The zero-order valence-corrected chi connectivity index (χ0v) is 18.6. The molecular formula is C26H30OSi. The van der Waals surface area contributed by atoms with Crippen LogP contribution in [0.1, 0.15) is 31.9 Å². The van der Waals surface area contributed by atoms with Gasteiger partial charge in [-0.15, -0.1) is 0 Å². The van der Waals surface area contributed by atoms with Gasteiger partial charge in [-0.3, -0.25) is 0 Å². The van der Waals surface area contributed by atoms with Crippen LogP contribution >= 0.6 is 0 Å². The molecule has 3 aromatic rings. The Kier molecular flexibility index (Phi) is 5.90. The second kappa shape index (κ2) is 8.20. The van der Waals surface area contributed by atoms with Crippen LogP contribution in [-0.4, -0.2) is 8.32 Å². The van der Waals surface area contributed by atoms with Gasteiger partial charge in [0.1, 0.15) is 5.75 Å². The van der Waals surface area contributed by atoms with Crippen LogP contribution in [0, 0.1) is 0 Å². The van der Waals surface area contributed by atoms with Gasteiger partial charge >= 0.3 is 0 Å². The largest absolute Gasteiger partial charge is 0.544 e. The number of rotatable bonds is 5. The van der Waals surface area contributed by atoms with E-state index in [0.29, 0.717) is 0 Å². The van der Waals surface area contributed by atoms with E-state index in [2.05, 4.69) is 119 Å². The van der Waals surface area contributed by atoms with Crippen molar-refractivity contribution >= 4 is 20.5 Å². The number of hydrogen-bond donors (Lipinski definition) is 0. The van der Waals surface area contributed by atoms with Crippen molar-refractivity contribution in [3.05, 3.63) is 90.0 Å². The van der Waals surface area contributed by atoms with Crippen LogP contribution in [0.5, 0.6) is 5.75 Å². The Morgan fingerprint density at radius 1 is 0.643 bits per heavy atom. The second-order valence-electron chi connectivity index (χ2n) is 8.75. The lowest BCUT2D eigenvalue weighted by Crippen LogP contribution is -2.43. The highest BCUT2D eigenvalue weighted by Gasteiger charge is 2.38. The Morgan fingerprint density at radius 2 is 1.11 bits per heavy atom. The fourth-order valence-corrected chi connectivity index (χ4v) is 3.74. The first-order chi connectivity index (χ1) is 13.2. The van der Waals surface area contributed by atoms with E-state index in [4.69, 9.17) is 4.43 Å². The average Bonchev–Trinajstić information content (AvgIpc) is 2.67. The van der Waals surface area contributed by atoms with Crippen LogP contribution in [0.4, 0.5) is 0 Å². The van der Waals surface area contributed by atoms with Crippen molar-refractivity contribution in [1.82, 2.24) is 0 Å². The predicted octanol–water partition coefficient (Wildman–Crippen LogP) is 7.91. The molecule has 0 bridgehead atoms. The summed E-state index contributed by atoms with van der Waals surface area (Å²) >= 11 is 0. The van der Waals surface area contributed by atoms with Crippen LogP contribution in [0.25, 0.3) is 23.3 Å². The van der Waals surface area contributed by atoms with Crippen molar-refractivity contribution in [3.63, 3.8) is 0 Å². The van der Waals surface area contributed by atoms with E-state index in [9.17, 15) is 0 Å². The maximum Gasteiger partial charge on any atom is 0.250 e. The highest BCUT2D eigenvalue weighted by Crippen LogP contribution is 2.37. The molecule has 0 saturated carbocycles. The molecular weight excluding hydrogens is 356 g/mol. The third-order valence-corrected chi connectivity index (χ3v) is 9.90. The molecule has 0 fully saturated rings. The Balaban J connectivity index is 1.66. The first kappa shape index (κ1) is 20.2. The monoisotopic (exact) mass is 386 g/mol. The van der Waals surface area contributed by atoms with Gasteiger partial charge in [-0.1, -0.05) is 99.7 Å². The van der Waals surface area contributed by atoms with Gasteiger partial charge in [-0.25, -0.2) is 0 Å². The molecule has 0 aromatic heterocycles. The lowest BCUT2D eigenvalue weighted by molar-refractivity contribution is 0.492. The fourth-order valence-electron chi connectivity index (χ4n) is 2.70. The summed E-state index contributed by atoms with van der Waals surface area (Å²) in [6.45, 7) is 11.3. The van der Waals surface area contributed by atoms with Gasteiger partial charge in [-0.2, -0.15) is 0 Å². The quantitative estimate of drug-likeness (QED) is 0.320. The average molecular weight is 387 g/mol. The summed E-state index contributed by atoms with van der Waals surface area (Å²) in [7, 11) is -1.79. The van der Waals surface area contributed by atoms with Crippen molar-refractivity contribution < 1.29 is 4.43 Å². The highest BCUT2D eigenvalue weighted by atomic mass is 28.4. The van der Waals surface area contributed by atoms with Crippen LogP contribution in [0.2, 0.25) is 18.1 Å². The Bertz CT molecular complexity index is 915. The van der Waals surface area contributed by atoms with Gasteiger partial charge < -0.3 is 4.43 Å². The predicted molar refractivity (Wildman–Crippen MR) is 125 cm³/mol. The summed E-state index contributed by atoms with van der Waals surface area (Å²) in [5, 5.41) is 0.206. The van der Waals surface area contributed by atoms with Crippen molar-refractivity contribution in [2.45, 2.75) is 38.9 Å². The maximum atomic E-state index is 6.35. The molecule has 0 atom stereocenters. The van der Waals surface area contributed by atoms with Gasteiger partial charge in [0, 0.05) is 0 Å². The minimum absolute atomic E-state index is 0.206. The molecule has 28 heavy (non-hydrogen) atoms. The molecule has 0 radical (unpaired) electrons. The molecule has 0 unspecified atom stereocenters. The molecule has 0 spiro atoms. The summed E-state index contributed by atoms with van der Waals surface area (Å²) < 4.78 is 6.35. The fraction of sp³-hybridized carbons (Fsp3) is 0.231. The van der Waals surface area contributed by atoms with Gasteiger partial charge in [0.15, 0.2) is 0 Å². The molecule has 3 rings (SSSR count). The van der Waals surface area contributed by atoms with Crippen molar-refractivity contribution in [1.29, 1.82) is 0 Å². The standard InChI is InChI=1S/C26H30OSi/c1-26(2,3)28(4,5)27-25-19-15-22(16-20-25)12-11-21-13-17-24(18-14-21)23-9-7-6-8-10-23/h6-20H,1-5H3. The molecule has 0 saturated heterocycles. The minimum atomic E-state index is -1.79. The highest BCUT2D eigenvalue weighted by molar-refractivity contribution is 6.74. The zero-order chi connectivity index (χ0) is 20.2. The number of benzene rings is 3. The molecule has 0 heterocycles. The van der Waals surface area contributed by atoms with Crippen LogP contribution < -0.4 is 4.43 Å². The first-order valence-corrected chi connectivity index (χ1v) is 12.8. The molecule has 0 aliphatic heterocycles.